The van der Waals surface area contributed by atoms with Gasteiger partial charge in [0.05, 0.1) is 18.8 Å². The van der Waals surface area contributed by atoms with Gasteiger partial charge in [-0.15, -0.1) is 11.6 Å². The molecule has 1 aromatic rings. The highest BCUT2D eigenvalue weighted by atomic mass is 35.5. The van der Waals surface area contributed by atoms with Crippen LogP contribution in [-0.4, -0.2) is 23.6 Å². The summed E-state index contributed by atoms with van der Waals surface area (Å²) in [5, 5.41) is 9.17. The van der Waals surface area contributed by atoms with Crippen molar-refractivity contribution in [3.05, 3.63) is 34.9 Å². The average molecular weight is 257 g/mol. The van der Waals surface area contributed by atoms with Gasteiger partial charge in [-0.25, -0.2) is 4.79 Å². The summed E-state index contributed by atoms with van der Waals surface area (Å²) in [7, 11) is 0. The minimum atomic E-state index is -0.385. The van der Waals surface area contributed by atoms with Gasteiger partial charge in [-0.1, -0.05) is 12.1 Å². The first-order chi connectivity index (χ1) is 8.22. The van der Waals surface area contributed by atoms with Crippen molar-refractivity contribution in [1.29, 1.82) is 0 Å². The van der Waals surface area contributed by atoms with Crippen molar-refractivity contribution >= 4 is 17.6 Å². The lowest BCUT2D eigenvalue weighted by atomic mass is 10.0. The number of hydrogen-bond acceptors (Lipinski definition) is 3. The maximum atomic E-state index is 11.7. The van der Waals surface area contributed by atoms with Crippen molar-refractivity contribution in [2.24, 2.45) is 0 Å². The molecule has 1 rings (SSSR count). The van der Waals surface area contributed by atoms with Gasteiger partial charge in [-0.3, -0.25) is 0 Å². The topological polar surface area (TPSA) is 46.5 Å². The molecule has 0 radical (unpaired) electrons. The predicted molar refractivity (Wildman–Crippen MR) is 67.4 cm³/mol. The molecule has 0 fully saturated rings. The average Bonchev–Trinajstić information content (AvgIpc) is 2.36. The predicted octanol–water partition coefficient (Wildman–Crippen LogP) is 2.53. The number of benzene rings is 1. The summed E-state index contributed by atoms with van der Waals surface area (Å²) < 4.78 is 4.95. The van der Waals surface area contributed by atoms with Crippen LogP contribution in [0.15, 0.2) is 18.2 Å². The third-order valence-electron chi connectivity index (χ3n) is 2.44. The molecule has 4 heteroatoms. The Balaban J connectivity index is 2.93. The molecule has 0 aliphatic rings. The zero-order valence-corrected chi connectivity index (χ0v) is 10.7. The zero-order valence-electron chi connectivity index (χ0n) is 9.91. The smallest absolute Gasteiger partial charge is 0.338 e. The first-order valence-corrected chi connectivity index (χ1v) is 6.22. The van der Waals surface area contributed by atoms with Gasteiger partial charge in [0.2, 0.25) is 0 Å². The van der Waals surface area contributed by atoms with Gasteiger partial charge in [0.1, 0.15) is 0 Å². The van der Waals surface area contributed by atoms with Gasteiger partial charge in [-0.05, 0) is 37.0 Å². The summed E-state index contributed by atoms with van der Waals surface area (Å²) in [4.78, 5) is 11.7. The third-order valence-corrected chi connectivity index (χ3v) is 2.71. The number of carbonyl (C=O) groups is 1. The van der Waals surface area contributed by atoms with Gasteiger partial charge >= 0.3 is 5.97 Å². The molecule has 0 saturated carbocycles. The first-order valence-electron chi connectivity index (χ1n) is 5.68. The number of aryl methyl sites for hydroxylation is 1. The van der Waals surface area contributed by atoms with Crippen LogP contribution in [0, 0.1) is 0 Å². The van der Waals surface area contributed by atoms with E-state index >= 15 is 0 Å². The van der Waals surface area contributed by atoms with Crippen molar-refractivity contribution in [1.82, 2.24) is 0 Å². The minimum Gasteiger partial charge on any atom is -0.462 e. The molecule has 0 saturated heterocycles. The highest BCUT2D eigenvalue weighted by molar-refractivity contribution is 6.17. The van der Waals surface area contributed by atoms with Crippen LogP contribution in [0.5, 0.6) is 0 Å². The molecular formula is C13H17ClO3. The lowest BCUT2D eigenvalue weighted by Gasteiger charge is -2.09. The molecular weight excluding hydrogens is 240 g/mol. The second-order valence-corrected chi connectivity index (χ2v) is 4.04. The van der Waals surface area contributed by atoms with Crippen LogP contribution in [-0.2, 0) is 17.8 Å². The molecule has 0 amide bonds. The second-order valence-electron chi connectivity index (χ2n) is 3.66. The Morgan fingerprint density at radius 2 is 2.24 bits per heavy atom. The van der Waals surface area contributed by atoms with Crippen LogP contribution in [0.1, 0.15) is 34.8 Å². The van der Waals surface area contributed by atoms with E-state index in [2.05, 4.69) is 0 Å². The van der Waals surface area contributed by atoms with Crippen LogP contribution < -0.4 is 0 Å². The van der Waals surface area contributed by atoms with E-state index in [1.165, 1.54) is 0 Å². The zero-order chi connectivity index (χ0) is 12.7. The number of alkyl halides is 1. The number of aliphatic hydroxyl groups is 1. The third kappa shape index (κ3) is 4.02. The van der Waals surface area contributed by atoms with Gasteiger partial charge in [-0.2, -0.15) is 0 Å². The fourth-order valence-electron chi connectivity index (χ4n) is 1.59. The first kappa shape index (κ1) is 14.0. The maximum absolute atomic E-state index is 11.7. The van der Waals surface area contributed by atoms with Gasteiger partial charge in [0, 0.05) is 5.88 Å². The summed E-state index contributed by atoms with van der Waals surface area (Å²) in [5.41, 5.74) is 2.07. The van der Waals surface area contributed by atoms with Crippen LogP contribution in [0.3, 0.4) is 0 Å². The van der Waals surface area contributed by atoms with E-state index in [-0.39, 0.29) is 12.6 Å². The van der Waals surface area contributed by atoms with E-state index in [1.54, 1.807) is 19.1 Å². The van der Waals surface area contributed by atoms with E-state index in [0.717, 1.165) is 18.4 Å². The SMILES string of the molecule is CCOC(=O)c1cc(CCCCl)ccc1CO. The monoisotopic (exact) mass is 256 g/mol. The normalized spacial score (nSPS) is 10.3. The van der Waals surface area contributed by atoms with Gasteiger partial charge in [0.25, 0.3) is 0 Å². The Labute approximate surface area is 106 Å². The van der Waals surface area contributed by atoms with Crippen LogP contribution in [0.4, 0.5) is 0 Å². The fraction of sp³-hybridized carbons (Fsp3) is 0.462. The van der Waals surface area contributed by atoms with Gasteiger partial charge in [0.15, 0.2) is 0 Å². The van der Waals surface area contributed by atoms with Crippen molar-refractivity contribution in [3.63, 3.8) is 0 Å². The molecule has 0 aliphatic heterocycles. The Morgan fingerprint density at radius 3 is 2.82 bits per heavy atom. The molecule has 0 atom stereocenters. The standard InChI is InChI=1S/C13H17ClO3/c1-2-17-13(16)12-8-10(4-3-7-14)5-6-11(12)9-15/h5-6,8,15H,2-4,7,9H2,1H3. The lowest BCUT2D eigenvalue weighted by molar-refractivity contribution is 0.0522. The highest BCUT2D eigenvalue weighted by Crippen LogP contribution is 2.15. The number of rotatable bonds is 6. The van der Waals surface area contributed by atoms with Crippen molar-refractivity contribution < 1.29 is 14.6 Å². The molecule has 0 bridgehead atoms. The number of hydrogen-bond donors (Lipinski definition) is 1. The van der Waals surface area contributed by atoms with Crippen LogP contribution >= 0.6 is 11.6 Å². The second kappa shape index (κ2) is 7.30. The molecule has 1 N–H and O–H groups in total. The quantitative estimate of drug-likeness (QED) is 0.628. The summed E-state index contributed by atoms with van der Waals surface area (Å²) >= 11 is 5.63. The Bertz CT molecular complexity index is 377. The molecule has 3 nitrogen and oxygen atoms in total. The molecule has 94 valence electrons. The van der Waals surface area contributed by atoms with Crippen LogP contribution in [0.25, 0.3) is 0 Å². The van der Waals surface area contributed by atoms with E-state index in [0.29, 0.717) is 23.6 Å². The number of esters is 1. The maximum Gasteiger partial charge on any atom is 0.338 e. The molecule has 0 aromatic heterocycles. The summed E-state index contributed by atoms with van der Waals surface area (Å²) in [6.07, 6.45) is 1.68. The number of aliphatic hydroxyl groups excluding tert-OH is 1. The molecule has 1 aromatic carbocycles. The number of halogens is 1. The molecule has 0 unspecified atom stereocenters. The minimum absolute atomic E-state index is 0.163. The fourth-order valence-corrected chi connectivity index (χ4v) is 1.72. The summed E-state index contributed by atoms with van der Waals surface area (Å²) in [6, 6.07) is 5.44. The van der Waals surface area contributed by atoms with E-state index in [4.69, 9.17) is 16.3 Å². The Morgan fingerprint density at radius 1 is 1.47 bits per heavy atom. The largest absolute Gasteiger partial charge is 0.462 e. The van der Waals surface area contributed by atoms with E-state index in [9.17, 15) is 9.90 Å². The Hall–Kier alpha value is -1.06. The van der Waals surface area contributed by atoms with E-state index < -0.39 is 0 Å². The van der Waals surface area contributed by atoms with Crippen LogP contribution in [0.2, 0.25) is 0 Å². The molecule has 17 heavy (non-hydrogen) atoms. The van der Waals surface area contributed by atoms with Crippen molar-refractivity contribution in [2.45, 2.75) is 26.4 Å². The molecule has 0 spiro atoms. The van der Waals surface area contributed by atoms with Crippen molar-refractivity contribution in [2.75, 3.05) is 12.5 Å². The summed E-state index contributed by atoms with van der Waals surface area (Å²) in [6.45, 7) is 1.92. The Kier molecular flexibility index (Phi) is 6.01. The number of ether oxygens (including phenoxy) is 1. The summed E-state index contributed by atoms with van der Waals surface area (Å²) in [5.74, 6) is 0.209. The van der Waals surface area contributed by atoms with E-state index in [1.807, 2.05) is 6.07 Å². The highest BCUT2D eigenvalue weighted by Gasteiger charge is 2.12. The van der Waals surface area contributed by atoms with Crippen molar-refractivity contribution in [3.8, 4) is 0 Å². The van der Waals surface area contributed by atoms with Gasteiger partial charge < -0.3 is 9.84 Å². The lowest BCUT2D eigenvalue weighted by Crippen LogP contribution is -2.09. The number of carbonyl (C=O) groups excluding carboxylic acids is 1. The molecule has 0 heterocycles. The molecule has 0 aliphatic carbocycles.